The van der Waals surface area contributed by atoms with E-state index in [1.807, 2.05) is 20.8 Å². The van der Waals surface area contributed by atoms with E-state index < -0.39 is 10.0 Å². The van der Waals surface area contributed by atoms with Crippen LogP contribution in [0.15, 0.2) is 0 Å². The minimum atomic E-state index is -3.14. The van der Waals surface area contributed by atoms with Gasteiger partial charge in [0.15, 0.2) is 0 Å². The Morgan fingerprint density at radius 1 is 1.46 bits per heavy atom. The minimum absolute atomic E-state index is 0.0210. The van der Waals surface area contributed by atoms with Gasteiger partial charge in [-0.25, -0.2) is 13.1 Å². The summed E-state index contributed by atoms with van der Waals surface area (Å²) >= 11 is 0. The van der Waals surface area contributed by atoms with Gasteiger partial charge in [-0.3, -0.25) is 0 Å². The molecular weight excluding hydrogens is 188 g/mol. The Labute approximate surface area is 79.9 Å². The molecule has 2 atom stereocenters. The zero-order valence-corrected chi connectivity index (χ0v) is 9.19. The molecule has 0 bridgehead atoms. The molecule has 0 spiro atoms. The maximum absolute atomic E-state index is 11.5. The first kappa shape index (κ1) is 10.9. The monoisotopic (exact) mass is 206 g/mol. The molecule has 0 radical (unpaired) electrons. The molecule has 78 valence electrons. The van der Waals surface area contributed by atoms with Crippen LogP contribution in [0.25, 0.3) is 0 Å². The summed E-state index contributed by atoms with van der Waals surface area (Å²) < 4.78 is 25.5. The van der Waals surface area contributed by atoms with Crippen molar-refractivity contribution in [1.29, 1.82) is 0 Å². The van der Waals surface area contributed by atoms with Gasteiger partial charge < -0.3 is 5.73 Å². The van der Waals surface area contributed by atoms with Crippen molar-refractivity contribution in [2.45, 2.75) is 39.3 Å². The molecule has 3 N–H and O–H groups in total. The van der Waals surface area contributed by atoms with Gasteiger partial charge in [0, 0.05) is 12.1 Å². The van der Waals surface area contributed by atoms with Crippen LogP contribution in [0.3, 0.4) is 0 Å². The second-order valence-electron chi connectivity index (χ2n) is 4.94. The van der Waals surface area contributed by atoms with E-state index in [9.17, 15) is 8.42 Å². The minimum Gasteiger partial charge on any atom is -0.326 e. The number of nitrogens with one attached hydrogen (secondary N) is 1. The molecule has 0 aromatic carbocycles. The van der Waals surface area contributed by atoms with Gasteiger partial charge in [-0.05, 0) is 11.8 Å². The predicted molar refractivity (Wildman–Crippen MR) is 52.8 cm³/mol. The van der Waals surface area contributed by atoms with E-state index in [0.29, 0.717) is 0 Å². The molecule has 1 fully saturated rings. The molecule has 13 heavy (non-hydrogen) atoms. The van der Waals surface area contributed by atoms with E-state index in [-0.39, 0.29) is 23.3 Å². The maximum atomic E-state index is 11.5. The van der Waals surface area contributed by atoms with E-state index in [2.05, 4.69) is 4.72 Å². The number of hydrogen-bond donors (Lipinski definition) is 2. The Hall–Kier alpha value is -0.130. The van der Waals surface area contributed by atoms with Gasteiger partial charge in [-0.2, -0.15) is 0 Å². The van der Waals surface area contributed by atoms with Gasteiger partial charge in [0.05, 0.1) is 5.75 Å². The topological polar surface area (TPSA) is 72.2 Å². The van der Waals surface area contributed by atoms with E-state index in [1.165, 1.54) is 0 Å². The lowest BCUT2D eigenvalue weighted by Gasteiger charge is -2.18. The van der Waals surface area contributed by atoms with Crippen LogP contribution in [0, 0.1) is 5.41 Å². The standard InChI is InChI=1S/C8H18N2O2S/c1-8(2,3)5-13(11,12)10-7-4-6(7)9/h6-7,10H,4-5,9H2,1-3H3. The second-order valence-corrected chi connectivity index (χ2v) is 6.70. The van der Waals surface area contributed by atoms with Gasteiger partial charge in [-0.15, -0.1) is 0 Å². The molecule has 0 amide bonds. The van der Waals surface area contributed by atoms with Crippen LogP contribution in [-0.2, 0) is 10.0 Å². The van der Waals surface area contributed by atoms with Gasteiger partial charge in [0.2, 0.25) is 10.0 Å². The van der Waals surface area contributed by atoms with Crippen molar-refractivity contribution in [3.05, 3.63) is 0 Å². The number of hydrogen-bond acceptors (Lipinski definition) is 3. The number of sulfonamides is 1. The van der Waals surface area contributed by atoms with Crippen LogP contribution in [0.1, 0.15) is 27.2 Å². The summed E-state index contributed by atoms with van der Waals surface area (Å²) in [5, 5.41) is 0. The third-order valence-electron chi connectivity index (χ3n) is 1.79. The van der Waals surface area contributed by atoms with Crippen LogP contribution < -0.4 is 10.5 Å². The van der Waals surface area contributed by atoms with E-state index >= 15 is 0 Å². The van der Waals surface area contributed by atoms with Gasteiger partial charge in [-0.1, -0.05) is 20.8 Å². The van der Waals surface area contributed by atoms with Crippen molar-refractivity contribution >= 4 is 10.0 Å². The van der Waals surface area contributed by atoms with Crippen molar-refractivity contribution in [2.24, 2.45) is 11.1 Å². The highest BCUT2D eigenvalue weighted by atomic mass is 32.2. The van der Waals surface area contributed by atoms with Crippen LogP contribution in [0.2, 0.25) is 0 Å². The fourth-order valence-electron chi connectivity index (χ4n) is 1.19. The van der Waals surface area contributed by atoms with E-state index in [0.717, 1.165) is 6.42 Å². The Balaban J connectivity index is 2.47. The highest BCUT2D eigenvalue weighted by molar-refractivity contribution is 7.89. The number of nitrogens with two attached hydrogens (primary N) is 1. The molecule has 4 nitrogen and oxygen atoms in total. The molecule has 0 heterocycles. The first-order valence-electron chi connectivity index (χ1n) is 4.45. The Bertz CT molecular complexity index is 279. The molecule has 5 heteroatoms. The van der Waals surface area contributed by atoms with Crippen LogP contribution in [0.5, 0.6) is 0 Å². The molecule has 1 saturated carbocycles. The zero-order chi connectivity index (χ0) is 10.3. The summed E-state index contributed by atoms with van der Waals surface area (Å²) in [6.45, 7) is 5.71. The predicted octanol–water partition coefficient (Wildman–Crippen LogP) is 0.0515. The third-order valence-corrected chi connectivity index (χ3v) is 3.70. The first-order valence-corrected chi connectivity index (χ1v) is 6.10. The summed E-state index contributed by atoms with van der Waals surface area (Å²) in [4.78, 5) is 0. The lowest BCUT2D eigenvalue weighted by molar-refractivity contribution is 0.457. The normalized spacial score (nSPS) is 28.9. The van der Waals surface area contributed by atoms with E-state index in [1.54, 1.807) is 0 Å². The van der Waals surface area contributed by atoms with Crippen molar-refractivity contribution in [1.82, 2.24) is 4.72 Å². The summed E-state index contributed by atoms with van der Waals surface area (Å²) in [5.41, 5.74) is 5.31. The van der Waals surface area contributed by atoms with Gasteiger partial charge in [0.25, 0.3) is 0 Å². The summed E-state index contributed by atoms with van der Waals surface area (Å²) in [7, 11) is -3.14. The molecule has 1 rings (SSSR count). The summed E-state index contributed by atoms with van der Waals surface area (Å²) in [6, 6.07) is 0.00194. The SMILES string of the molecule is CC(C)(C)CS(=O)(=O)NC1CC1N. The Morgan fingerprint density at radius 2 is 1.92 bits per heavy atom. The van der Waals surface area contributed by atoms with Crippen molar-refractivity contribution < 1.29 is 8.42 Å². The van der Waals surface area contributed by atoms with Crippen LogP contribution >= 0.6 is 0 Å². The largest absolute Gasteiger partial charge is 0.326 e. The fourth-order valence-corrected chi connectivity index (χ4v) is 3.15. The summed E-state index contributed by atoms with van der Waals surface area (Å²) in [5.74, 6) is 0.156. The molecule has 0 aromatic rings. The molecular formula is C8H18N2O2S. The quantitative estimate of drug-likeness (QED) is 0.685. The average molecular weight is 206 g/mol. The van der Waals surface area contributed by atoms with E-state index in [4.69, 9.17) is 5.73 Å². The fraction of sp³-hybridized carbons (Fsp3) is 1.00. The molecule has 1 aliphatic carbocycles. The second kappa shape index (κ2) is 3.22. The van der Waals surface area contributed by atoms with Crippen molar-refractivity contribution in [2.75, 3.05) is 5.75 Å². The van der Waals surface area contributed by atoms with Crippen molar-refractivity contribution in [3.8, 4) is 0 Å². The Kier molecular flexibility index (Phi) is 2.71. The van der Waals surface area contributed by atoms with Crippen LogP contribution in [0.4, 0.5) is 0 Å². The van der Waals surface area contributed by atoms with Crippen LogP contribution in [-0.4, -0.2) is 26.3 Å². The third kappa shape index (κ3) is 4.06. The molecule has 2 unspecified atom stereocenters. The Morgan fingerprint density at radius 3 is 2.23 bits per heavy atom. The maximum Gasteiger partial charge on any atom is 0.212 e. The lowest BCUT2D eigenvalue weighted by atomic mass is 10.0. The molecule has 0 aliphatic heterocycles. The lowest BCUT2D eigenvalue weighted by Crippen LogP contribution is -2.35. The molecule has 0 aromatic heterocycles. The number of rotatable bonds is 3. The van der Waals surface area contributed by atoms with Gasteiger partial charge >= 0.3 is 0 Å². The smallest absolute Gasteiger partial charge is 0.212 e. The highest BCUT2D eigenvalue weighted by Gasteiger charge is 2.37. The molecule has 1 aliphatic rings. The summed E-state index contributed by atoms with van der Waals surface area (Å²) in [6.07, 6.45) is 0.767. The van der Waals surface area contributed by atoms with Crippen molar-refractivity contribution in [3.63, 3.8) is 0 Å². The zero-order valence-electron chi connectivity index (χ0n) is 8.37. The van der Waals surface area contributed by atoms with Gasteiger partial charge in [0.1, 0.15) is 0 Å². The average Bonchev–Trinajstić information content (AvgIpc) is 2.36. The first-order chi connectivity index (χ1) is 5.70. The molecule has 0 saturated heterocycles. The highest BCUT2D eigenvalue weighted by Crippen LogP contribution is 2.21.